The van der Waals surface area contributed by atoms with Crippen LogP contribution in [0, 0.1) is 5.92 Å². The highest BCUT2D eigenvalue weighted by atomic mass is 35.5. The molecule has 1 aliphatic rings. The van der Waals surface area contributed by atoms with E-state index >= 15 is 0 Å². The van der Waals surface area contributed by atoms with Gasteiger partial charge >= 0.3 is 0 Å². The molecule has 1 N–H and O–H groups in total. The van der Waals surface area contributed by atoms with Gasteiger partial charge in [0, 0.05) is 20.1 Å². The maximum Gasteiger partial charge on any atom is 0.224 e. The number of halogens is 1. The lowest BCUT2D eigenvalue weighted by molar-refractivity contribution is 0.313. The van der Waals surface area contributed by atoms with E-state index in [0.717, 1.165) is 11.7 Å². The van der Waals surface area contributed by atoms with E-state index in [1.807, 2.05) is 7.05 Å². The molecule has 1 aromatic rings. The maximum atomic E-state index is 6.23. The topological polar surface area (TPSA) is 41.1 Å². The van der Waals surface area contributed by atoms with Gasteiger partial charge in [-0.25, -0.2) is 4.98 Å². The molecule has 0 atom stereocenters. The van der Waals surface area contributed by atoms with Crippen LogP contribution in [0.5, 0.6) is 0 Å². The molecule has 0 radical (unpaired) electrons. The molecule has 1 saturated carbocycles. The van der Waals surface area contributed by atoms with Crippen molar-refractivity contribution in [1.82, 2.24) is 9.97 Å². The minimum Gasteiger partial charge on any atom is -0.357 e. The number of aromatic nitrogens is 2. The summed E-state index contributed by atoms with van der Waals surface area (Å²) in [6, 6.07) is 0.542. The molecule has 1 aliphatic carbocycles. The fourth-order valence-electron chi connectivity index (χ4n) is 2.84. The summed E-state index contributed by atoms with van der Waals surface area (Å²) in [6.45, 7) is 2.29. The van der Waals surface area contributed by atoms with Crippen molar-refractivity contribution in [3.8, 4) is 0 Å². The predicted octanol–water partition coefficient (Wildman–Crippen LogP) is 3.58. The number of hydrogen-bond donors (Lipinski definition) is 1. The molecule has 0 amide bonds. The third-order valence-electron chi connectivity index (χ3n) is 4.22. The molecule has 0 saturated heterocycles. The van der Waals surface area contributed by atoms with Crippen LogP contribution in [0.1, 0.15) is 39.0 Å². The number of anilines is 2. The molecule has 0 spiro atoms. The van der Waals surface area contributed by atoms with E-state index in [4.69, 9.17) is 11.6 Å². The first-order chi connectivity index (χ1) is 9.15. The van der Waals surface area contributed by atoms with Crippen LogP contribution in [0.25, 0.3) is 0 Å². The zero-order chi connectivity index (χ0) is 13.8. The van der Waals surface area contributed by atoms with Crippen molar-refractivity contribution in [2.75, 3.05) is 24.3 Å². The van der Waals surface area contributed by atoms with E-state index in [9.17, 15) is 0 Å². The molecule has 0 unspecified atom stereocenters. The smallest absolute Gasteiger partial charge is 0.224 e. The van der Waals surface area contributed by atoms with Gasteiger partial charge in [0.2, 0.25) is 5.95 Å². The Morgan fingerprint density at radius 2 is 2.05 bits per heavy atom. The fraction of sp³-hybridized carbons (Fsp3) is 0.714. The molecule has 106 valence electrons. The molecule has 0 bridgehead atoms. The Hall–Kier alpha value is -1.03. The van der Waals surface area contributed by atoms with Gasteiger partial charge in [0.05, 0.1) is 6.20 Å². The van der Waals surface area contributed by atoms with Crippen molar-refractivity contribution in [2.24, 2.45) is 5.92 Å². The van der Waals surface area contributed by atoms with E-state index in [-0.39, 0.29) is 0 Å². The molecule has 0 aromatic carbocycles. The second-order valence-corrected chi connectivity index (χ2v) is 5.72. The average molecular weight is 283 g/mol. The summed E-state index contributed by atoms with van der Waals surface area (Å²) in [5.74, 6) is 2.35. The fourth-order valence-corrected chi connectivity index (χ4v) is 3.06. The van der Waals surface area contributed by atoms with Gasteiger partial charge in [-0.1, -0.05) is 24.9 Å². The molecule has 1 aromatic heterocycles. The monoisotopic (exact) mass is 282 g/mol. The van der Waals surface area contributed by atoms with E-state index < -0.39 is 0 Å². The maximum absolute atomic E-state index is 6.23. The zero-order valence-corrected chi connectivity index (χ0v) is 12.7. The Labute approximate surface area is 120 Å². The second kappa shape index (κ2) is 6.42. The van der Waals surface area contributed by atoms with Crippen LogP contribution in [0.4, 0.5) is 11.8 Å². The normalized spacial score (nSPS) is 23.2. The molecular weight excluding hydrogens is 260 g/mol. The highest BCUT2D eigenvalue weighted by Gasteiger charge is 2.25. The summed E-state index contributed by atoms with van der Waals surface area (Å²) >= 11 is 6.23. The Bertz CT molecular complexity index is 416. The first-order valence-electron chi connectivity index (χ1n) is 7.08. The van der Waals surface area contributed by atoms with Gasteiger partial charge in [-0.05, 0) is 31.6 Å². The molecule has 2 rings (SSSR count). The summed E-state index contributed by atoms with van der Waals surface area (Å²) in [5.41, 5.74) is 0. The quantitative estimate of drug-likeness (QED) is 0.916. The molecular formula is C14H23ClN4. The Balaban J connectivity index is 2.09. The number of nitrogens with one attached hydrogen (secondary N) is 1. The number of hydrogen-bond acceptors (Lipinski definition) is 4. The minimum atomic E-state index is 0.542. The summed E-state index contributed by atoms with van der Waals surface area (Å²) < 4.78 is 0. The molecule has 5 heteroatoms. The average Bonchev–Trinajstić information content (AvgIpc) is 2.47. The molecule has 1 heterocycles. The van der Waals surface area contributed by atoms with Crippen molar-refractivity contribution in [3.05, 3.63) is 11.2 Å². The van der Waals surface area contributed by atoms with Crippen molar-refractivity contribution in [3.63, 3.8) is 0 Å². The molecule has 4 nitrogen and oxygen atoms in total. The summed E-state index contributed by atoms with van der Waals surface area (Å²) in [7, 11) is 3.91. The first kappa shape index (κ1) is 14.4. The van der Waals surface area contributed by atoms with E-state index in [1.54, 1.807) is 6.20 Å². The van der Waals surface area contributed by atoms with Gasteiger partial charge in [0.15, 0.2) is 5.82 Å². The van der Waals surface area contributed by atoms with Crippen LogP contribution in [-0.4, -0.2) is 30.1 Å². The van der Waals surface area contributed by atoms with E-state index in [2.05, 4.69) is 34.2 Å². The standard InChI is InChI=1S/C14H23ClN4/c1-4-10-5-7-11(8-6-10)19(3)13-12(15)9-17-14(16-2)18-13/h9-11H,4-8H2,1-3H3,(H,16,17,18). The van der Waals surface area contributed by atoms with Crippen LogP contribution >= 0.6 is 11.6 Å². The van der Waals surface area contributed by atoms with Crippen molar-refractivity contribution >= 4 is 23.4 Å². The summed E-state index contributed by atoms with van der Waals surface area (Å²) in [5, 5.41) is 3.59. The first-order valence-corrected chi connectivity index (χ1v) is 7.46. The van der Waals surface area contributed by atoms with Crippen molar-refractivity contribution < 1.29 is 0 Å². The Kier molecular flexibility index (Phi) is 4.86. The Morgan fingerprint density at radius 3 is 2.63 bits per heavy atom. The highest BCUT2D eigenvalue weighted by Crippen LogP contribution is 2.33. The van der Waals surface area contributed by atoms with Gasteiger partial charge < -0.3 is 10.2 Å². The van der Waals surface area contributed by atoms with Gasteiger partial charge in [0.25, 0.3) is 0 Å². The SMILES string of the molecule is CCC1CCC(N(C)c2nc(NC)ncc2Cl)CC1. The van der Waals surface area contributed by atoms with Crippen molar-refractivity contribution in [2.45, 2.75) is 45.1 Å². The highest BCUT2D eigenvalue weighted by molar-refractivity contribution is 6.32. The summed E-state index contributed by atoms with van der Waals surface area (Å²) in [6.07, 6.45) is 8.05. The predicted molar refractivity (Wildman–Crippen MR) is 81.0 cm³/mol. The lowest BCUT2D eigenvalue weighted by atomic mass is 9.84. The third kappa shape index (κ3) is 3.30. The van der Waals surface area contributed by atoms with Gasteiger partial charge in [-0.2, -0.15) is 4.98 Å². The van der Waals surface area contributed by atoms with Gasteiger partial charge in [0.1, 0.15) is 5.02 Å². The minimum absolute atomic E-state index is 0.542. The lowest BCUT2D eigenvalue weighted by Crippen LogP contribution is -2.36. The van der Waals surface area contributed by atoms with Crippen LogP contribution < -0.4 is 10.2 Å². The van der Waals surface area contributed by atoms with E-state index in [0.29, 0.717) is 17.0 Å². The molecule has 19 heavy (non-hydrogen) atoms. The number of rotatable bonds is 4. The number of nitrogens with zero attached hydrogens (tertiary/aromatic N) is 3. The van der Waals surface area contributed by atoms with Crippen LogP contribution in [0.3, 0.4) is 0 Å². The zero-order valence-electron chi connectivity index (χ0n) is 12.0. The van der Waals surface area contributed by atoms with Gasteiger partial charge in [-0.3, -0.25) is 0 Å². The summed E-state index contributed by atoms with van der Waals surface area (Å²) in [4.78, 5) is 10.8. The van der Waals surface area contributed by atoms with E-state index in [1.165, 1.54) is 32.1 Å². The van der Waals surface area contributed by atoms with Crippen molar-refractivity contribution in [1.29, 1.82) is 0 Å². The molecule has 0 aliphatic heterocycles. The molecule has 1 fully saturated rings. The largest absolute Gasteiger partial charge is 0.357 e. The van der Waals surface area contributed by atoms with Gasteiger partial charge in [-0.15, -0.1) is 0 Å². The van der Waals surface area contributed by atoms with Crippen LogP contribution in [0.2, 0.25) is 5.02 Å². The van der Waals surface area contributed by atoms with Crippen LogP contribution in [0.15, 0.2) is 6.20 Å². The van der Waals surface area contributed by atoms with Crippen LogP contribution in [-0.2, 0) is 0 Å². The lowest BCUT2D eigenvalue weighted by Gasteiger charge is -2.35. The Morgan fingerprint density at radius 1 is 1.37 bits per heavy atom. The third-order valence-corrected chi connectivity index (χ3v) is 4.49. The second-order valence-electron chi connectivity index (χ2n) is 5.31.